The quantitative estimate of drug-likeness (QED) is 0.255. The predicted molar refractivity (Wildman–Crippen MR) is 125 cm³/mol. The number of rotatable bonds is 4. The Kier molecular flexibility index (Phi) is 6.46. The van der Waals surface area contributed by atoms with E-state index in [1.54, 1.807) is 30.3 Å². The van der Waals surface area contributed by atoms with Gasteiger partial charge in [-0.2, -0.15) is 0 Å². The van der Waals surface area contributed by atoms with Crippen molar-refractivity contribution in [3.05, 3.63) is 82.4 Å². The first-order valence-electron chi connectivity index (χ1n) is 10.7. The van der Waals surface area contributed by atoms with Crippen LogP contribution in [0.15, 0.2) is 54.6 Å². The van der Waals surface area contributed by atoms with Gasteiger partial charge in [-0.05, 0) is 58.7 Å². The lowest BCUT2D eigenvalue weighted by molar-refractivity contribution is -0.142. The number of ether oxygens (including phenoxy) is 3. The summed E-state index contributed by atoms with van der Waals surface area (Å²) in [7, 11) is 0. The average molecular weight is 454 g/mol. The summed E-state index contributed by atoms with van der Waals surface area (Å²) in [5.41, 5.74) is 6.53. The van der Waals surface area contributed by atoms with E-state index in [1.165, 1.54) is 20.8 Å². The van der Waals surface area contributed by atoms with E-state index in [0.717, 1.165) is 38.9 Å². The van der Waals surface area contributed by atoms with Gasteiger partial charge in [0.1, 0.15) is 18.1 Å². The van der Waals surface area contributed by atoms with Crippen LogP contribution < -0.4 is 9.47 Å². The molecular formula is C28H22O6. The molecule has 6 nitrogen and oxygen atoms in total. The molecule has 0 amide bonds. The first-order valence-corrected chi connectivity index (χ1v) is 10.7. The maximum Gasteiger partial charge on any atom is 0.308 e. The number of benzene rings is 3. The molecule has 3 aromatic carbocycles. The Morgan fingerprint density at radius 2 is 1.41 bits per heavy atom. The van der Waals surface area contributed by atoms with E-state index in [9.17, 15) is 14.4 Å². The molecule has 170 valence electrons. The van der Waals surface area contributed by atoms with Crippen molar-refractivity contribution in [2.75, 3.05) is 0 Å². The molecule has 1 aliphatic carbocycles. The smallest absolute Gasteiger partial charge is 0.308 e. The molecule has 6 heteroatoms. The molecule has 0 atom stereocenters. The average Bonchev–Trinajstić information content (AvgIpc) is 3.14. The Morgan fingerprint density at radius 3 is 2.09 bits per heavy atom. The SMILES string of the molecule is CC(=O)OCc1ccc2c(c1C#Cc1ccc(OC(C)=O)cc1)Cc1cc(OC(C)=O)ccc1-2. The molecule has 3 aromatic rings. The Balaban J connectivity index is 1.71. The van der Waals surface area contributed by atoms with Gasteiger partial charge in [-0.25, -0.2) is 0 Å². The number of hydrogen-bond donors (Lipinski definition) is 0. The zero-order chi connectivity index (χ0) is 24.2. The minimum atomic E-state index is -0.384. The molecule has 0 aromatic heterocycles. The minimum absolute atomic E-state index is 0.118. The van der Waals surface area contributed by atoms with E-state index in [0.29, 0.717) is 17.9 Å². The first-order chi connectivity index (χ1) is 16.3. The molecule has 0 fully saturated rings. The van der Waals surface area contributed by atoms with Crippen LogP contribution in [0.25, 0.3) is 11.1 Å². The van der Waals surface area contributed by atoms with Crippen molar-refractivity contribution in [1.29, 1.82) is 0 Å². The third-order valence-electron chi connectivity index (χ3n) is 5.27. The number of hydrogen-bond acceptors (Lipinski definition) is 6. The van der Waals surface area contributed by atoms with E-state index in [-0.39, 0.29) is 24.5 Å². The van der Waals surface area contributed by atoms with Crippen molar-refractivity contribution in [2.24, 2.45) is 0 Å². The van der Waals surface area contributed by atoms with E-state index >= 15 is 0 Å². The molecular weight excluding hydrogens is 432 g/mol. The second-order valence-corrected chi connectivity index (χ2v) is 7.86. The van der Waals surface area contributed by atoms with E-state index in [4.69, 9.17) is 14.2 Å². The molecule has 0 saturated carbocycles. The Labute approximate surface area is 197 Å². The fraction of sp³-hybridized carbons (Fsp3) is 0.179. The lowest BCUT2D eigenvalue weighted by Crippen LogP contribution is -2.03. The number of carbonyl (C=O) groups is 3. The van der Waals surface area contributed by atoms with Crippen molar-refractivity contribution in [2.45, 2.75) is 33.8 Å². The third-order valence-corrected chi connectivity index (χ3v) is 5.27. The van der Waals surface area contributed by atoms with Crippen LogP contribution in [-0.2, 0) is 32.1 Å². The van der Waals surface area contributed by atoms with Crippen molar-refractivity contribution < 1.29 is 28.6 Å². The van der Waals surface area contributed by atoms with Crippen LogP contribution >= 0.6 is 0 Å². The summed E-state index contributed by atoms with van der Waals surface area (Å²) >= 11 is 0. The second kappa shape index (κ2) is 9.63. The van der Waals surface area contributed by atoms with Crippen molar-refractivity contribution >= 4 is 17.9 Å². The highest BCUT2D eigenvalue weighted by Gasteiger charge is 2.23. The predicted octanol–water partition coefficient (Wildman–Crippen LogP) is 4.57. The molecule has 0 spiro atoms. The summed E-state index contributed by atoms with van der Waals surface area (Å²) in [6.45, 7) is 4.21. The Hall–Kier alpha value is -4.37. The lowest BCUT2D eigenvalue weighted by atomic mass is 9.96. The molecule has 34 heavy (non-hydrogen) atoms. The highest BCUT2D eigenvalue weighted by Crippen LogP contribution is 2.41. The number of carbonyl (C=O) groups excluding carboxylic acids is 3. The summed E-state index contributed by atoms with van der Waals surface area (Å²) in [6, 6.07) is 16.4. The molecule has 1 aliphatic rings. The van der Waals surface area contributed by atoms with Crippen molar-refractivity contribution in [3.63, 3.8) is 0 Å². The van der Waals surface area contributed by atoms with Gasteiger partial charge in [-0.1, -0.05) is 30.0 Å². The van der Waals surface area contributed by atoms with Gasteiger partial charge in [0.25, 0.3) is 0 Å². The Bertz CT molecular complexity index is 1360. The van der Waals surface area contributed by atoms with Gasteiger partial charge in [-0.3, -0.25) is 14.4 Å². The van der Waals surface area contributed by atoms with Crippen molar-refractivity contribution in [1.82, 2.24) is 0 Å². The molecule has 0 heterocycles. The third kappa shape index (κ3) is 5.16. The van der Waals surface area contributed by atoms with E-state index < -0.39 is 0 Å². The maximum atomic E-state index is 11.4. The van der Waals surface area contributed by atoms with Crippen LogP contribution in [0, 0.1) is 11.8 Å². The van der Waals surface area contributed by atoms with Gasteiger partial charge in [0.2, 0.25) is 0 Å². The fourth-order valence-electron chi connectivity index (χ4n) is 3.89. The van der Waals surface area contributed by atoms with Gasteiger partial charge in [0.05, 0.1) is 0 Å². The summed E-state index contributed by atoms with van der Waals surface area (Å²) < 4.78 is 15.6. The molecule has 0 saturated heterocycles. The molecule has 4 rings (SSSR count). The topological polar surface area (TPSA) is 78.9 Å². The number of fused-ring (bicyclic) bond motifs is 3. The summed E-state index contributed by atoms with van der Waals surface area (Å²) in [5.74, 6) is 6.26. The zero-order valence-electron chi connectivity index (χ0n) is 19.1. The van der Waals surface area contributed by atoms with Gasteiger partial charge in [0, 0.05) is 43.9 Å². The summed E-state index contributed by atoms with van der Waals surface area (Å²) in [4.78, 5) is 33.9. The van der Waals surface area contributed by atoms with Gasteiger partial charge in [-0.15, -0.1) is 0 Å². The standard InChI is InChI=1S/C28H22O6/c1-17(29)32-16-21-7-12-27-26-13-10-24(34-19(3)31)14-22(26)15-28(27)25(21)11-6-20-4-8-23(9-5-20)33-18(2)30/h4-5,7-10,12-14H,15-16H2,1-3H3. The first kappa shape index (κ1) is 22.8. The van der Waals surface area contributed by atoms with Gasteiger partial charge in [0.15, 0.2) is 0 Å². The minimum Gasteiger partial charge on any atom is -0.461 e. The van der Waals surface area contributed by atoms with Crippen LogP contribution in [0.1, 0.15) is 48.6 Å². The normalized spacial score (nSPS) is 10.9. The van der Waals surface area contributed by atoms with Crippen LogP contribution in [0.3, 0.4) is 0 Å². The summed E-state index contributed by atoms with van der Waals surface area (Å²) in [6.07, 6.45) is 0.614. The van der Waals surface area contributed by atoms with Gasteiger partial charge < -0.3 is 14.2 Å². The maximum absolute atomic E-state index is 11.4. The lowest BCUT2D eigenvalue weighted by Gasteiger charge is -2.10. The van der Waals surface area contributed by atoms with Gasteiger partial charge >= 0.3 is 17.9 Å². The number of esters is 3. The van der Waals surface area contributed by atoms with Crippen LogP contribution in [0.5, 0.6) is 11.5 Å². The van der Waals surface area contributed by atoms with Crippen LogP contribution in [0.4, 0.5) is 0 Å². The Morgan fingerprint density at radius 1 is 0.765 bits per heavy atom. The summed E-state index contributed by atoms with van der Waals surface area (Å²) in [5, 5.41) is 0. The molecule has 0 aliphatic heterocycles. The molecule has 0 radical (unpaired) electrons. The molecule has 0 N–H and O–H groups in total. The van der Waals surface area contributed by atoms with Crippen LogP contribution in [-0.4, -0.2) is 17.9 Å². The van der Waals surface area contributed by atoms with E-state index in [1.807, 2.05) is 24.3 Å². The highest BCUT2D eigenvalue weighted by molar-refractivity contribution is 5.81. The second-order valence-electron chi connectivity index (χ2n) is 7.86. The largest absolute Gasteiger partial charge is 0.461 e. The zero-order valence-corrected chi connectivity index (χ0v) is 19.1. The van der Waals surface area contributed by atoms with Crippen LogP contribution in [0.2, 0.25) is 0 Å². The van der Waals surface area contributed by atoms with E-state index in [2.05, 4.69) is 11.8 Å². The van der Waals surface area contributed by atoms with Crippen molar-refractivity contribution in [3.8, 4) is 34.5 Å². The monoisotopic (exact) mass is 454 g/mol. The molecule has 0 bridgehead atoms. The highest BCUT2D eigenvalue weighted by atomic mass is 16.5. The fourth-order valence-corrected chi connectivity index (χ4v) is 3.89. The molecule has 0 unspecified atom stereocenters.